The maximum Gasteiger partial charge on any atom is 0.248 e. The molecule has 0 aliphatic carbocycles. The Balaban J connectivity index is 1.75. The summed E-state index contributed by atoms with van der Waals surface area (Å²) in [7, 11) is 0. The third-order valence-corrected chi connectivity index (χ3v) is 5.42. The highest BCUT2D eigenvalue weighted by Gasteiger charge is 2.41. The third kappa shape index (κ3) is 3.04. The summed E-state index contributed by atoms with van der Waals surface area (Å²) in [4.78, 5) is 12.8. The standard InChI is InChI=1S/C14H17BrN4OS/c15-12-8-11(10-21-12)9-17-13(20)14(2-5-16-6-3-14)19-7-1-4-18-19/h1,4,7-8,10,16H,2-3,5-6,9H2,(H,17,20). The summed E-state index contributed by atoms with van der Waals surface area (Å²) in [6, 6.07) is 3.90. The van der Waals surface area contributed by atoms with Crippen LogP contribution in [-0.4, -0.2) is 28.8 Å². The van der Waals surface area contributed by atoms with Gasteiger partial charge < -0.3 is 10.6 Å². The van der Waals surface area contributed by atoms with Gasteiger partial charge in [-0.05, 0) is 64.9 Å². The van der Waals surface area contributed by atoms with Crippen LogP contribution in [0.3, 0.4) is 0 Å². The van der Waals surface area contributed by atoms with Crippen molar-refractivity contribution in [2.24, 2.45) is 0 Å². The van der Waals surface area contributed by atoms with Gasteiger partial charge >= 0.3 is 0 Å². The Morgan fingerprint density at radius 2 is 2.33 bits per heavy atom. The zero-order valence-corrected chi connectivity index (χ0v) is 13.9. The zero-order valence-electron chi connectivity index (χ0n) is 11.5. The second-order valence-corrected chi connectivity index (χ2v) is 7.46. The van der Waals surface area contributed by atoms with Crippen LogP contribution >= 0.6 is 27.3 Å². The maximum absolute atomic E-state index is 12.8. The Morgan fingerprint density at radius 3 is 2.95 bits per heavy atom. The molecule has 2 N–H and O–H groups in total. The summed E-state index contributed by atoms with van der Waals surface area (Å²) in [6.45, 7) is 2.21. The molecule has 1 aliphatic heterocycles. The van der Waals surface area contributed by atoms with Gasteiger partial charge in [-0.3, -0.25) is 9.48 Å². The molecule has 7 heteroatoms. The number of nitrogens with zero attached hydrogens (tertiary/aromatic N) is 2. The fourth-order valence-corrected chi connectivity index (χ4v) is 3.92. The van der Waals surface area contributed by atoms with Crippen LogP contribution in [0.25, 0.3) is 0 Å². The van der Waals surface area contributed by atoms with E-state index >= 15 is 0 Å². The predicted octanol–water partition coefficient (Wildman–Crippen LogP) is 2.10. The SMILES string of the molecule is O=C(NCc1csc(Br)c1)C1(n2cccn2)CCNCC1. The summed E-state index contributed by atoms with van der Waals surface area (Å²) in [5.41, 5.74) is 0.548. The molecule has 2 aromatic rings. The quantitative estimate of drug-likeness (QED) is 0.868. The number of piperidine rings is 1. The fourth-order valence-electron chi connectivity index (χ4n) is 2.71. The topological polar surface area (TPSA) is 59.0 Å². The molecule has 112 valence electrons. The van der Waals surface area contributed by atoms with Crippen LogP contribution in [0.1, 0.15) is 18.4 Å². The number of amides is 1. The molecule has 0 unspecified atom stereocenters. The van der Waals surface area contributed by atoms with Gasteiger partial charge in [0.05, 0.1) is 3.79 Å². The minimum absolute atomic E-state index is 0.0509. The summed E-state index contributed by atoms with van der Waals surface area (Å²) in [6.07, 6.45) is 5.13. The van der Waals surface area contributed by atoms with Crippen molar-refractivity contribution in [1.29, 1.82) is 0 Å². The highest BCUT2D eigenvalue weighted by molar-refractivity contribution is 9.11. The molecule has 1 amide bonds. The Bertz CT molecular complexity index is 604. The number of hydrogen-bond acceptors (Lipinski definition) is 4. The molecule has 0 saturated carbocycles. The maximum atomic E-state index is 12.8. The molecule has 0 radical (unpaired) electrons. The van der Waals surface area contributed by atoms with Crippen LogP contribution in [-0.2, 0) is 16.9 Å². The molecule has 0 atom stereocenters. The molecule has 21 heavy (non-hydrogen) atoms. The fraction of sp³-hybridized carbons (Fsp3) is 0.429. The molecule has 3 heterocycles. The van der Waals surface area contributed by atoms with Gasteiger partial charge in [-0.2, -0.15) is 5.10 Å². The number of carbonyl (C=O) groups is 1. The van der Waals surface area contributed by atoms with E-state index in [1.165, 1.54) is 0 Å². The van der Waals surface area contributed by atoms with Gasteiger partial charge in [-0.15, -0.1) is 11.3 Å². The molecule has 0 spiro atoms. The highest BCUT2D eigenvalue weighted by atomic mass is 79.9. The van der Waals surface area contributed by atoms with Crippen molar-refractivity contribution in [1.82, 2.24) is 20.4 Å². The van der Waals surface area contributed by atoms with E-state index in [9.17, 15) is 4.79 Å². The first kappa shape index (κ1) is 14.7. The molecule has 5 nitrogen and oxygen atoms in total. The van der Waals surface area contributed by atoms with Gasteiger partial charge in [-0.25, -0.2) is 0 Å². The molecule has 3 rings (SSSR count). The molecule has 1 fully saturated rings. The van der Waals surface area contributed by atoms with Gasteiger partial charge in [0.15, 0.2) is 0 Å². The summed E-state index contributed by atoms with van der Waals surface area (Å²) in [5, 5.41) is 12.7. The van der Waals surface area contributed by atoms with E-state index in [0.717, 1.165) is 35.3 Å². The van der Waals surface area contributed by atoms with E-state index < -0.39 is 5.54 Å². The average Bonchev–Trinajstić information content (AvgIpc) is 3.17. The first-order chi connectivity index (χ1) is 10.2. The molecule has 1 aliphatic rings. The Hall–Kier alpha value is -1.18. The predicted molar refractivity (Wildman–Crippen MR) is 86.2 cm³/mol. The number of rotatable bonds is 4. The van der Waals surface area contributed by atoms with Crippen molar-refractivity contribution in [3.63, 3.8) is 0 Å². The Morgan fingerprint density at radius 1 is 1.52 bits per heavy atom. The van der Waals surface area contributed by atoms with Crippen molar-refractivity contribution in [2.75, 3.05) is 13.1 Å². The number of aromatic nitrogens is 2. The number of carbonyl (C=O) groups excluding carboxylic acids is 1. The average molecular weight is 369 g/mol. The van der Waals surface area contributed by atoms with E-state index in [1.807, 2.05) is 28.4 Å². The van der Waals surface area contributed by atoms with Crippen LogP contribution in [0, 0.1) is 0 Å². The van der Waals surface area contributed by atoms with Crippen molar-refractivity contribution in [2.45, 2.75) is 24.9 Å². The van der Waals surface area contributed by atoms with Crippen LogP contribution in [0.15, 0.2) is 33.7 Å². The lowest BCUT2D eigenvalue weighted by Crippen LogP contribution is -2.54. The largest absolute Gasteiger partial charge is 0.350 e. The smallest absolute Gasteiger partial charge is 0.248 e. The minimum Gasteiger partial charge on any atom is -0.350 e. The van der Waals surface area contributed by atoms with Crippen LogP contribution in [0.2, 0.25) is 0 Å². The molecule has 0 bridgehead atoms. The Kier molecular flexibility index (Phi) is 4.42. The highest BCUT2D eigenvalue weighted by Crippen LogP contribution is 2.27. The van der Waals surface area contributed by atoms with Gasteiger partial charge in [0.2, 0.25) is 5.91 Å². The van der Waals surface area contributed by atoms with Crippen LogP contribution < -0.4 is 10.6 Å². The lowest BCUT2D eigenvalue weighted by atomic mass is 9.87. The molecule has 1 saturated heterocycles. The molecular weight excluding hydrogens is 352 g/mol. The number of halogens is 1. The Labute approximate surface area is 135 Å². The van der Waals surface area contributed by atoms with E-state index in [-0.39, 0.29) is 5.91 Å². The van der Waals surface area contributed by atoms with Crippen LogP contribution in [0.5, 0.6) is 0 Å². The second-order valence-electron chi connectivity index (χ2n) is 5.17. The third-order valence-electron chi connectivity index (χ3n) is 3.87. The van der Waals surface area contributed by atoms with Gasteiger partial charge in [-0.1, -0.05) is 0 Å². The first-order valence-electron chi connectivity index (χ1n) is 6.93. The number of thiophene rings is 1. The van der Waals surface area contributed by atoms with Gasteiger partial charge in [0.1, 0.15) is 5.54 Å². The number of nitrogens with one attached hydrogen (secondary N) is 2. The monoisotopic (exact) mass is 368 g/mol. The molecular formula is C14H17BrN4OS. The van der Waals surface area contributed by atoms with Crippen molar-refractivity contribution >= 4 is 33.2 Å². The summed E-state index contributed by atoms with van der Waals surface area (Å²) >= 11 is 5.07. The normalized spacial score (nSPS) is 17.6. The van der Waals surface area contributed by atoms with E-state index in [2.05, 4.69) is 31.7 Å². The van der Waals surface area contributed by atoms with Gasteiger partial charge in [0, 0.05) is 18.9 Å². The van der Waals surface area contributed by atoms with Crippen molar-refractivity contribution < 1.29 is 4.79 Å². The van der Waals surface area contributed by atoms with Gasteiger partial charge in [0.25, 0.3) is 0 Å². The van der Waals surface area contributed by atoms with E-state index in [0.29, 0.717) is 6.54 Å². The molecule has 2 aromatic heterocycles. The lowest BCUT2D eigenvalue weighted by molar-refractivity contribution is -0.132. The van der Waals surface area contributed by atoms with E-state index in [1.54, 1.807) is 17.5 Å². The van der Waals surface area contributed by atoms with E-state index in [4.69, 9.17) is 0 Å². The molecule has 0 aromatic carbocycles. The van der Waals surface area contributed by atoms with Crippen molar-refractivity contribution in [3.05, 3.63) is 39.3 Å². The lowest BCUT2D eigenvalue weighted by Gasteiger charge is -2.36. The number of hydrogen-bond donors (Lipinski definition) is 2. The minimum atomic E-state index is -0.567. The first-order valence-corrected chi connectivity index (χ1v) is 8.60. The van der Waals surface area contributed by atoms with Crippen molar-refractivity contribution in [3.8, 4) is 0 Å². The van der Waals surface area contributed by atoms with Crippen LogP contribution in [0.4, 0.5) is 0 Å². The second kappa shape index (κ2) is 6.29. The summed E-state index contributed by atoms with van der Waals surface area (Å²) in [5.74, 6) is 0.0509. The zero-order chi connectivity index (χ0) is 14.7. The summed E-state index contributed by atoms with van der Waals surface area (Å²) < 4.78 is 2.89.